The van der Waals surface area contributed by atoms with Crippen LogP contribution in [-0.2, 0) is 6.54 Å². The summed E-state index contributed by atoms with van der Waals surface area (Å²) < 4.78 is 31.7. The molecule has 3 aromatic rings. The number of nitrogens with one attached hydrogen (secondary N) is 2. The van der Waals surface area contributed by atoms with Gasteiger partial charge in [-0.1, -0.05) is 17.7 Å². The number of hydrogen-bond acceptors (Lipinski definition) is 5. The van der Waals surface area contributed by atoms with Crippen molar-refractivity contribution in [2.75, 3.05) is 12.4 Å². The van der Waals surface area contributed by atoms with Crippen molar-refractivity contribution in [3.8, 4) is 5.88 Å². The molecular formula is C21H18ClF2N5O3. The summed E-state index contributed by atoms with van der Waals surface area (Å²) in [6, 6.07) is 6.44. The third kappa shape index (κ3) is 4.70. The number of halogens is 3. The molecule has 1 aliphatic carbocycles. The van der Waals surface area contributed by atoms with Gasteiger partial charge in [0.2, 0.25) is 5.88 Å². The van der Waals surface area contributed by atoms with Crippen molar-refractivity contribution >= 4 is 29.2 Å². The molecule has 2 heterocycles. The minimum Gasteiger partial charge on any atom is -0.481 e. The molecule has 2 N–H and O–H groups in total. The van der Waals surface area contributed by atoms with E-state index in [9.17, 15) is 18.4 Å². The van der Waals surface area contributed by atoms with Gasteiger partial charge in [-0.2, -0.15) is 5.10 Å². The molecule has 0 atom stereocenters. The molecule has 2 aromatic heterocycles. The fourth-order valence-corrected chi connectivity index (χ4v) is 3.34. The molecule has 4 rings (SSSR count). The summed E-state index contributed by atoms with van der Waals surface area (Å²) in [6.45, 7) is 0.353. The number of H-pyrrole nitrogens is 1. The second kappa shape index (κ2) is 8.91. The largest absolute Gasteiger partial charge is 0.481 e. The van der Waals surface area contributed by atoms with Gasteiger partial charge in [0.25, 0.3) is 11.8 Å². The first-order valence-electron chi connectivity index (χ1n) is 9.67. The van der Waals surface area contributed by atoms with Crippen LogP contribution in [0.5, 0.6) is 5.88 Å². The second-order valence-corrected chi connectivity index (χ2v) is 7.65. The second-order valence-electron chi connectivity index (χ2n) is 7.24. The van der Waals surface area contributed by atoms with Crippen molar-refractivity contribution in [3.63, 3.8) is 0 Å². The molecule has 1 aliphatic rings. The zero-order valence-corrected chi connectivity index (χ0v) is 17.6. The number of pyridine rings is 1. The van der Waals surface area contributed by atoms with Crippen LogP contribution in [0.25, 0.3) is 0 Å². The standard InChI is InChI=1S/C21H18ClF2N5O3/c1-32-19-5-2-11(9-25-19)10-29(12-3-4-12)21(31)17-8-18(28-27-17)26-20(30)13-6-15(23)16(24)7-14(13)22/h2,5-9,12H,3-4,10H2,1H3,(H2,26,27,28,30). The van der Waals surface area contributed by atoms with Crippen molar-refractivity contribution in [2.45, 2.75) is 25.4 Å². The Kier molecular flexibility index (Phi) is 6.04. The third-order valence-corrected chi connectivity index (χ3v) is 5.23. The van der Waals surface area contributed by atoms with Gasteiger partial charge in [-0.05, 0) is 30.5 Å². The summed E-state index contributed by atoms with van der Waals surface area (Å²) in [5, 5.41) is 8.69. The number of aromatic amines is 1. The fourth-order valence-electron chi connectivity index (χ4n) is 3.11. The van der Waals surface area contributed by atoms with Crippen LogP contribution in [0.4, 0.5) is 14.6 Å². The molecule has 2 amide bonds. The van der Waals surface area contributed by atoms with Gasteiger partial charge >= 0.3 is 0 Å². The maximum Gasteiger partial charge on any atom is 0.272 e. The zero-order valence-electron chi connectivity index (χ0n) is 16.9. The molecule has 0 saturated heterocycles. The van der Waals surface area contributed by atoms with E-state index in [2.05, 4.69) is 20.5 Å². The van der Waals surface area contributed by atoms with E-state index >= 15 is 0 Å². The Morgan fingerprint density at radius 1 is 1.25 bits per heavy atom. The van der Waals surface area contributed by atoms with E-state index in [1.54, 1.807) is 17.2 Å². The van der Waals surface area contributed by atoms with Crippen molar-refractivity contribution in [3.05, 3.63) is 70.0 Å². The van der Waals surface area contributed by atoms with Crippen molar-refractivity contribution in [2.24, 2.45) is 0 Å². The Balaban J connectivity index is 1.47. The molecule has 11 heteroatoms. The number of amides is 2. The summed E-state index contributed by atoms with van der Waals surface area (Å²) in [4.78, 5) is 31.3. The molecule has 166 valence electrons. The number of ether oxygens (including phenoxy) is 1. The number of anilines is 1. The number of hydrogen-bond donors (Lipinski definition) is 2. The minimum absolute atomic E-state index is 0.0426. The number of methoxy groups -OCH3 is 1. The van der Waals surface area contributed by atoms with E-state index in [-0.39, 0.29) is 34.0 Å². The molecule has 1 saturated carbocycles. The van der Waals surface area contributed by atoms with Crippen LogP contribution in [0.2, 0.25) is 5.02 Å². The Morgan fingerprint density at radius 2 is 2.00 bits per heavy atom. The lowest BCUT2D eigenvalue weighted by Crippen LogP contribution is -2.32. The first-order valence-corrected chi connectivity index (χ1v) is 10.0. The number of aromatic nitrogens is 3. The highest BCUT2D eigenvalue weighted by Crippen LogP contribution is 2.30. The maximum atomic E-state index is 13.5. The van der Waals surface area contributed by atoms with Crippen LogP contribution < -0.4 is 10.1 Å². The molecular weight excluding hydrogens is 444 g/mol. The molecule has 8 nitrogen and oxygen atoms in total. The van der Waals surface area contributed by atoms with E-state index < -0.39 is 17.5 Å². The average molecular weight is 462 g/mol. The highest BCUT2D eigenvalue weighted by molar-refractivity contribution is 6.34. The first kappa shape index (κ1) is 21.7. The van der Waals surface area contributed by atoms with Crippen molar-refractivity contribution < 1.29 is 23.1 Å². The van der Waals surface area contributed by atoms with E-state index in [1.165, 1.54) is 13.2 Å². The van der Waals surface area contributed by atoms with Gasteiger partial charge in [-0.15, -0.1) is 0 Å². The van der Waals surface area contributed by atoms with Crippen LogP contribution in [-0.4, -0.2) is 45.0 Å². The van der Waals surface area contributed by atoms with Crippen molar-refractivity contribution in [1.29, 1.82) is 0 Å². The molecule has 32 heavy (non-hydrogen) atoms. The molecule has 0 spiro atoms. The highest BCUT2D eigenvalue weighted by Gasteiger charge is 2.34. The Labute approximate surface area is 186 Å². The maximum absolute atomic E-state index is 13.5. The number of rotatable bonds is 7. The van der Waals surface area contributed by atoms with Gasteiger partial charge in [0.1, 0.15) is 5.69 Å². The number of nitrogens with zero attached hydrogens (tertiary/aromatic N) is 3. The van der Waals surface area contributed by atoms with Gasteiger partial charge in [-0.25, -0.2) is 13.8 Å². The number of carbonyl (C=O) groups excluding carboxylic acids is 2. The molecule has 0 unspecified atom stereocenters. The lowest BCUT2D eigenvalue weighted by atomic mass is 10.2. The summed E-state index contributed by atoms with van der Waals surface area (Å²) in [5.74, 6) is -2.92. The van der Waals surface area contributed by atoms with Crippen LogP contribution in [0.15, 0.2) is 36.5 Å². The van der Waals surface area contributed by atoms with Gasteiger partial charge in [0, 0.05) is 30.9 Å². The highest BCUT2D eigenvalue weighted by atomic mass is 35.5. The molecule has 0 aliphatic heterocycles. The summed E-state index contributed by atoms with van der Waals surface area (Å²) in [6.07, 6.45) is 3.43. The monoisotopic (exact) mass is 461 g/mol. The lowest BCUT2D eigenvalue weighted by molar-refractivity contribution is 0.0723. The van der Waals surface area contributed by atoms with Gasteiger partial charge in [-0.3, -0.25) is 14.7 Å². The van der Waals surface area contributed by atoms with Gasteiger partial charge in [0.15, 0.2) is 17.5 Å². The Morgan fingerprint density at radius 3 is 2.66 bits per heavy atom. The van der Waals surface area contributed by atoms with E-state index in [1.807, 2.05) is 6.07 Å². The number of benzene rings is 1. The van der Waals surface area contributed by atoms with Crippen LogP contribution in [0, 0.1) is 11.6 Å². The van der Waals surface area contributed by atoms with Crippen molar-refractivity contribution in [1.82, 2.24) is 20.1 Å². The third-order valence-electron chi connectivity index (χ3n) is 4.91. The molecule has 0 radical (unpaired) electrons. The van der Waals surface area contributed by atoms with E-state index in [4.69, 9.17) is 16.3 Å². The predicted molar refractivity (Wildman–Crippen MR) is 112 cm³/mol. The van der Waals surface area contributed by atoms with Crippen LogP contribution in [0.1, 0.15) is 39.3 Å². The van der Waals surface area contributed by atoms with E-state index in [0.717, 1.165) is 18.4 Å². The summed E-state index contributed by atoms with van der Waals surface area (Å²) in [5.41, 5.74) is 0.755. The quantitative estimate of drug-likeness (QED) is 0.521. The molecule has 0 bridgehead atoms. The zero-order chi connectivity index (χ0) is 22.8. The molecule has 1 aromatic carbocycles. The topological polar surface area (TPSA) is 100 Å². The average Bonchev–Trinajstić information content (AvgIpc) is 3.52. The molecule has 1 fully saturated rings. The lowest BCUT2D eigenvalue weighted by Gasteiger charge is -2.21. The Bertz CT molecular complexity index is 1160. The van der Waals surface area contributed by atoms with Crippen LogP contribution in [0.3, 0.4) is 0 Å². The SMILES string of the molecule is COc1ccc(CN(C(=O)c2cc(NC(=O)c3cc(F)c(F)cc3Cl)n[nH]2)C2CC2)cn1. The van der Waals surface area contributed by atoms with Crippen LogP contribution >= 0.6 is 11.6 Å². The summed E-state index contributed by atoms with van der Waals surface area (Å²) in [7, 11) is 1.52. The smallest absolute Gasteiger partial charge is 0.272 e. The van der Waals surface area contributed by atoms with Gasteiger partial charge < -0.3 is 15.0 Å². The first-order chi connectivity index (χ1) is 15.4. The number of carbonyl (C=O) groups is 2. The van der Waals surface area contributed by atoms with E-state index in [0.29, 0.717) is 24.6 Å². The predicted octanol–water partition coefficient (Wildman–Crippen LogP) is 3.80. The fraction of sp³-hybridized carbons (Fsp3) is 0.238. The van der Waals surface area contributed by atoms with Gasteiger partial charge in [0.05, 0.1) is 17.7 Å². The minimum atomic E-state index is -1.20. The summed E-state index contributed by atoms with van der Waals surface area (Å²) >= 11 is 5.83. The normalized spacial score (nSPS) is 13.0. The Hall–Kier alpha value is -3.53.